The van der Waals surface area contributed by atoms with Crippen molar-refractivity contribution in [3.8, 4) is 0 Å². The molecule has 0 saturated carbocycles. The molecule has 0 spiro atoms. The van der Waals surface area contributed by atoms with Gasteiger partial charge in [0, 0.05) is 11.3 Å². The predicted octanol–water partition coefficient (Wildman–Crippen LogP) is 3.84. The Kier molecular flexibility index (Phi) is 3.65. The number of benzene rings is 2. The molecular formula is C18H20N2O. The summed E-state index contributed by atoms with van der Waals surface area (Å²) in [5.74, 6) is 0.215. The number of carbonyl (C=O) groups excluding carboxylic acids is 1. The number of rotatable bonds is 3. The van der Waals surface area contributed by atoms with Gasteiger partial charge in [-0.2, -0.15) is 0 Å². The van der Waals surface area contributed by atoms with Crippen molar-refractivity contribution in [1.82, 2.24) is 0 Å². The number of anilines is 1. The minimum atomic E-state index is -0.392. The van der Waals surface area contributed by atoms with Crippen LogP contribution in [0.2, 0.25) is 0 Å². The van der Waals surface area contributed by atoms with E-state index in [0.717, 1.165) is 12.1 Å². The summed E-state index contributed by atoms with van der Waals surface area (Å²) in [6, 6.07) is 16.3. The normalized spacial score (nSPS) is 20.6. The fraction of sp³-hybridized carbons (Fsp3) is 0.278. The van der Waals surface area contributed by atoms with E-state index in [2.05, 4.69) is 36.5 Å². The quantitative estimate of drug-likeness (QED) is 0.897. The van der Waals surface area contributed by atoms with Crippen molar-refractivity contribution in [2.75, 3.05) is 5.32 Å². The number of primary amides is 1. The first kappa shape index (κ1) is 13.7. The maximum absolute atomic E-state index is 11.3. The Hall–Kier alpha value is -2.29. The molecule has 0 bridgehead atoms. The van der Waals surface area contributed by atoms with Crippen molar-refractivity contribution in [3.63, 3.8) is 0 Å². The summed E-state index contributed by atoms with van der Waals surface area (Å²) in [5.41, 5.74) is 9.61. The maximum atomic E-state index is 11.3. The molecule has 3 N–H and O–H groups in total. The van der Waals surface area contributed by atoms with E-state index in [-0.39, 0.29) is 0 Å². The van der Waals surface area contributed by atoms with Crippen molar-refractivity contribution in [2.45, 2.75) is 31.7 Å². The summed E-state index contributed by atoms with van der Waals surface area (Å²) in [6.45, 7) is 2.28. The molecule has 0 aromatic heterocycles. The smallest absolute Gasteiger partial charge is 0.248 e. The third kappa shape index (κ3) is 2.77. The molecule has 108 valence electrons. The standard InChI is InChI=1S/C18H20N2O/c1-12-9-10-17(16-8-3-2-7-15(12)16)20-14-6-4-5-13(11-14)18(19)21/h2-8,11-12,17,20H,9-10H2,1H3,(H2,19,21). The summed E-state index contributed by atoms with van der Waals surface area (Å²) < 4.78 is 0. The Morgan fingerprint density at radius 2 is 1.86 bits per heavy atom. The minimum Gasteiger partial charge on any atom is -0.378 e. The number of hydrogen-bond acceptors (Lipinski definition) is 2. The van der Waals surface area contributed by atoms with Gasteiger partial charge in [-0.3, -0.25) is 4.79 Å². The van der Waals surface area contributed by atoms with Gasteiger partial charge in [0.25, 0.3) is 0 Å². The molecule has 0 heterocycles. The second-order valence-electron chi connectivity index (χ2n) is 5.75. The molecule has 2 aromatic carbocycles. The first-order chi connectivity index (χ1) is 10.1. The molecular weight excluding hydrogens is 260 g/mol. The van der Waals surface area contributed by atoms with Gasteiger partial charge in [-0.25, -0.2) is 0 Å². The van der Waals surface area contributed by atoms with Gasteiger partial charge in [0.05, 0.1) is 6.04 Å². The van der Waals surface area contributed by atoms with Crippen LogP contribution in [0.25, 0.3) is 0 Å². The highest BCUT2D eigenvalue weighted by Gasteiger charge is 2.24. The lowest BCUT2D eigenvalue weighted by atomic mass is 9.81. The summed E-state index contributed by atoms with van der Waals surface area (Å²) in [5, 5.41) is 3.55. The zero-order valence-corrected chi connectivity index (χ0v) is 12.2. The van der Waals surface area contributed by atoms with Crippen LogP contribution in [0.3, 0.4) is 0 Å². The van der Waals surface area contributed by atoms with E-state index >= 15 is 0 Å². The van der Waals surface area contributed by atoms with Crippen LogP contribution in [0.4, 0.5) is 5.69 Å². The number of hydrogen-bond donors (Lipinski definition) is 2. The van der Waals surface area contributed by atoms with Crippen molar-refractivity contribution in [1.29, 1.82) is 0 Å². The van der Waals surface area contributed by atoms with Gasteiger partial charge >= 0.3 is 0 Å². The summed E-state index contributed by atoms with van der Waals surface area (Å²) in [7, 11) is 0. The molecule has 0 aliphatic heterocycles. The average molecular weight is 280 g/mol. The second-order valence-corrected chi connectivity index (χ2v) is 5.75. The van der Waals surface area contributed by atoms with Crippen LogP contribution >= 0.6 is 0 Å². The van der Waals surface area contributed by atoms with Crippen LogP contribution in [-0.4, -0.2) is 5.91 Å². The predicted molar refractivity (Wildman–Crippen MR) is 85.4 cm³/mol. The summed E-state index contributed by atoms with van der Waals surface area (Å²) in [4.78, 5) is 11.3. The topological polar surface area (TPSA) is 55.1 Å². The van der Waals surface area contributed by atoms with Crippen molar-refractivity contribution in [2.24, 2.45) is 5.73 Å². The first-order valence-corrected chi connectivity index (χ1v) is 7.40. The van der Waals surface area contributed by atoms with Crippen LogP contribution in [0.1, 0.15) is 53.2 Å². The molecule has 2 atom stereocenters. The molecule has 1 aliphatic rings. The molecule has 2 aromatic rings. The second kappa shape index (κ2) is 5.60. The van der Waals surface area contributed by atoms with E-state index in [0.29, 0.717) is 17.5 Å². The van der Waals surface area contributed by atoms with Crippen LogP contribution in [-0.2, 0) is 0 Å². The van der Waals surface area contributed by atoms with E-state index in [4.69, 9.17) is 5.73 Å². The van der Waals surface area contributed by atoms with Crippen molar-refractivity contribution < 1.29 is 4.79 Å². The van der Waals surface area contributed by atoms with Gasteiger partial charge < -0.3 is 11.1 Å². The number of carbonyl (C=O) groups is 1. The molecule has 1 aliphatic carbocycles. The molecule has 2 unspecified atom stereocenters. The SMILES string of the molecule is CC1CCC(Nc2cccc(C(N)=O)c2)c2ccccc21. The highest BCUT2D eigenvalue weighted by Crippen LogP contribution is 2.38. The van der Waals surface area contributed by atoms with Crippen LogP contribution in [0, 0.1) is 0 Å². The van der Waals surface area contributed by atoms with E-state index in [1.54, 1.807) is 6.07 Å². The summed E-state index contributed by atoms with van der Waals surface area (Å²) >= 11 is 0. The Labute approximate surface area is 125 Å². The molecule has 0 fully saturated rings. The Morgan fingerprint density at radius 1 is 1.10 bits per heavy atom. The molecule has 3 rings (SSSR count). The first-order valence-electron chi connectivity index (χ1n) is 7.40. The highest BCUT2D eigenvalue weighted by molar-refractivity contribution is 5.93. The lowest BCUT2D eigenvalue weighted by Crippen LogP contribution is -2.19. The Balaban J connectivity index is 1.87. The van der Waals surface area contributed by atoms with E-state index < -0.39 is 5.91 Å². The number of amides is 1. The van der Waals surface area contributed by atoms with Crippen molar-refractivity contribution in [3.05, 3.63) is 65.2 Å². The van der Waals surface area contributed by atoms with E-state index in [1.807, 2.05) is 18.2 Å². The molecule has 0 radical (unpaired) electrons. The molecule has 3 nitrogen and oxygen atoms in total. The Bertz CT molecular complexity index is 666. The van der Waals surface area contributed by atoms with Crippen molar-refractivity contribution >= 4 is 11.6 Å². The fourth-order valence-corrected chi connectivity index (χ4v) is 3.12. The lowest BCUT2D eigenvalue weighted by molar-refractivity contribution is 0.100. The highest BCUT2D eigenvalue weighted by atomic mass is 16.1. The average Bonchev–Trinajstić information content (AvgIpc) is 2.51. The van der Waals surface area contributed by atoms with Gasteiger partial charge in [0.1, 0.15) is 0 Å². The van der Waals surface area contributed by atoms with E-state index in [1.165, 1.54) is 17.5 Å². The van der Waals surface area contributed by atoms with Gasteiger partial charge in [0.15, 0.2) is 0 Å². The summed E-state index contributed by atoms with van der Waals surface area (Å²) in [6.07, 6.45) is 2.27. The Morgan fingerprint density at radius 3 is 2.62 bits per heavy atom. The fourth-order valence-electron chi connectivity index (χ4n) is 3.12. The third-order valence-electron chi connectivity index (χ3n) is 4.28. The molecule has 21 heavy (non-hydrogen) atoms. The number of fused-ring (bicyclic) bond motifs is 1. The number of nitrogens with one attached hydrogen (secondary N) is 1. The van der Waals surface area contributed by atoms with Gasteiger partial charge in [-0.1, -0.05) is 37.3 Å². The maximum Gasteiger partial charge on any atom is 0.248 e. The molecule has 0 saturated heterocycles. The lowest BCUT2D eigenvalue weighted by Gasteiger charge is -2.31. The minimum absolute atomic E-state index is 0.292. The largest absolute Gasteiger partial charge is 0.378 e. The van der Waals surface area contributed by atoms with Crippen LogP contribution < -0.4 is 11.1 Å². The monoisotopic (exact) mass is 280 g/mol. The number of nitrogens with two attached hydrogens (primary N) is 1. The third-order valence-corrected chi connectivity index (χ3v) is 4.28. The molecule has 3 heteroatoms. The zero-order chi connectivity index (χ0) is 14.8. The van der Waals surface area contributed by atoms with Gasteiger partial charge in [-0.15, -0.1) is 0 Å². The van der Waals surface area contributed by atoms with Gasteiger partial charge in [0.2, 0.25) is 5.91 Å². The van der Waals surface area contributed by atoms with E-state index in [9.17, 15) is 4.79 Å². The van der Waals surface area contributed by atoms with Crippen LogP contribution in [0.5, 0.6) is 0 Å². The van der Waals surface area contributed by atoms with Gasteiger partial charge in [-0.05, 0) is 48.1 Å². The molecule has 1 amide bonds. The zero-order valence-electron chi connectivity index (χ0n) is 12.2. The van der Waals surface area contributed by atoms with Crippen LogP contribution in [0.15, 0.2) is 48.5 Å².